The molecule has 0 spiro atoms. The number of nitrogens with zero attached hydrogens (tertiary/aromatic N) is 1. The van der Waals surface area contributed by atoms with Crippen LogP contribution in [-0.2, 0) is 4.74 Å². The highest BCUT2D eigenvalue weighted by molar-refractivity contribution is 8.06. The predicted octanol–water partition coefficient (Wildman–Crippen LogP) is 1.68. The molecule has 0 saturated carbocycles. The third kappa shape index (κ3) is 8.84. The van der Waals surface area contributed by atoms with Gasteiger partial charge in [-0.2, -0.15) is 0 Å². The Morgan fingerprint density at radius 2 is 1.43 bits per heavy atom. The molecular weight excluding hydrogens is 486 g/mol. The molecule has 35 heavy (non-hydrogen) atoms. The zero-order valence-electron chi connectivity index (χ0n) is 19.2. The van der Waals surface area contributed by atoms with Gasteiger partial charge in [-0.1, -0.05) is 90.7 Å². The summed E-state index contributed by atoms with van der Waals surface area (Å²) >= 11 is 1.62. The van der Waals surface area contributed by atoms with E-state index in [0.29, 0.717) is 0 Å². The first-order chi connectivity index (χ1) is 16.7. The molecule has 2 aromatic carbocycles. The molecule has 1 aliphatic heterocycles. The Labute approximate surface area is 211 Å². The molecule has 6 nitrogen and oxygen atoms in total. The highest BCUT2D eigenvalue weighted by atomic mass is 35.7. The second-order valence-electron chi connectivity index (χ2n) is 7.52. The maximum atomic E-state index is 8.49. The van der Waals surface area contributed by atoms with Crippen molar-refractivity contribution in [2.24, 2.45) is 0 Å². The van der Waals surface area contributed by atoms with Gasteiger partial charge in [0, 0.05) is 28.7 Å². The minimum atomic E-state index is -4.94. The van der Waals surface area contributed by atoms with Crippen LogP contribution >= 0.6 is 11.8 Å². The molecule has 1 heterocycles. The Balaban J connectivity index is 0.000000623. The lowest BCUT2D eigenvalue weighted by Gasteiger charge is -2.17. The molecule has 8 heteroatoms. The number of rotatable bonds is 4. The zero-order chi connectivity index (χ0) is 25.3. The molecule has 0 amide bonds. The fourth-order valence-corrected chi connectivity index (χ4v) is 3.99. The average Bonchev–Trinajstić information content (AvgIpc) is 3.32. The maximum Gasteiger partial charge on any atom is 0.199 e. The van der Waals surface area contributed by atoms with Crippen LogP contribution in [-0.4, -0.2) is 24.4 Å². The summed E-state index contributed by atoms with van der Waals surface area (Å²) in [6, 6.07) is 20.6. The fourth-order valence-electron chi connectivity index (χ4n) is 3.14. The van der Waals surface area contributed by atoms with E-state index in [1.165, 1.54) is 5.71 Å². The van der Waals surface area contributed by atoms with Crippen molar-refractivity contribution in [3.05, 3.63) is 130 Å². The summed E-state index contributed by atoms with van der Waals surface area (Å²) in [7, 11) is -0.845. The Morgan fingerprint density at radius 3 is 2.00 bits per heavy atom. The van der Waals surface area contributed by atoms with E-state index in [4.69, 9.17) is 23.4 Å². The van der Waals surface area contributed by atoms with Gasteiger partial charge in [-0.25, -0.2) is 23.2 Å². The summed E-state index contributed by atoms with van der Waals surface area (Å²) in [5.41, 5.74) is 5.65. The molecule has 2 aliphatic rings. The molecule has 1 aliphatic carbocycles. The maximum absolute atomic E-state index is 8.49. The van der Waals surface area contributed by atoms with Crippen molar-refractivity contribution < 1.29 is 38.2 Å². The summed E-state index contributed by atoms with van der Waals surface area (Å²) in [6.45, 7) is 0. The van der Waals surface area contributed by atoms with Crippen molar-refractivity contribution in [3.63, 3.8) is 0 Å². The van der Waals surface area contributed by atoms with E-state index < -0.39 is 10.2 Å². The van der Waals surface area contributed by atoms with E-state index in [-0.39, 0.29) is 0 Å². The Kier molecular flexibility index (Phi) is 9.45. The van der Waals surface area contributed by atoms with Gasteiger partial charge in [0.05, 0.1) is 0 Å². The van der Waals surface area contributed by atoms with Gasteiger partial charge in [0.15, 0.2) is 10.8 Å². The normalized spacial score (nSPS) is 16.5. The third-order valence-corrected chi connectivity index (χ3v) is 5.65. The van der Waals surface area contributed by atoms with Gasteiger partial charge in [0.2, 0.25) is 0 Å². The van der Waals surface area contributed by atoms with Gasteiger partial charge < -0.3 is 4.74 Å². The largest absolute Gasteiger partial charge is 0.448 e. The molecule has 0 unspecified atom stereocenters. The Hall–Kier alpha value is -3.17. The van der Waals surface area contributed by atoms with Crippen LogP contribution in [0.3, 0.4) is 0 Å². The SMILES string of the molecule is C[N+](C)=C1C=CC(=C/C=C/C(=C2\OC(c3ccccc3)=CS2)c2ccccc2)C=C1.[O-][Cl+3]([O-])([O-])[O-]. The van der Waals surface area contributed by atoms with Crippen molar-refractivity contribution in [2.45, 2.75) is 0 Å². The summed E-state index contributed by atoms with van der Waals surface area (Å²) in [6.07, 6.45) is 14.8. The number of thioether (sulfide) groups is 1. The quantitative estimate of drug-likeness (QED) is 0.581. The van der Waals surface area contributed by atoms with Crippen molar-refractivity contribution in [1.29, 1.82) is 0 Å². The first-order valence-corrected chi connectivity index (χ1v) is 12.6. The van der Waals surface area contributed by atoms with Gasteiger partial charge >= 0.3 is 0 Å². The summed E-state index contributed by atoms with van der Waals surface area (Å²) in [5, 5.41) is 2.97. The van der Waals surface area contributed by atoms with Gasteiger partial charge in [-0.3, -0.25) is 0 Å². The van der Waals surface area contributed by atoms with E-state index in [9.17, 15) is 0 Å². The number of halogens is 1. The van der Waals surface area contributed by atoms with Crippen LogP contribution in [0.2, 0.25) is 0 Å². The smallest absolute Gasteiger partial charge is 0.199 e. The van der Waals surface area contributed by atoms with Gasteiger partial charge in [0.25, 0.3) is 0 Å². The number of allylic oxidation sites excluding steroid dienone is 9. The van der Waals surface area contributed by atoms with E-state index in [1.807, 2.05) is 38.4 Å². The summed E-state index contributed by atoms with van der Waals surface area (Å²) < 4.78 is 42.3. The van der Waals surface area contributed by atoms with Gasteiger partial charge in [-0.15, -0.1) is 10.2 Å². The minimum Gasteiger partial charge on any atom is -0.448 e. The van der Waals surface area contributed by atoms with Crippen LogP contribution in [0.5, 0.6) is 0 Å². The van der Waals surface area contributed by atoms with Crippen molar-refractivity contribution in [3.8, 4) is 0 Å². The molecule has 0 fully saturated rings. The Bertz CT molecular complexity index is 1210. The Morgan fingerprint density at radius 1 is 0.857 bits per heavy atom. The third-order valence-electron chi connectivity index (χ3n) is 4.80. The van der Waals surface area contributed by atoms with Crippen LogP contribution in [0.15, 0.2) is 119 Å². The summed E-state index contributed by atoms with van der Waals surface area (Å²) in [5.74, 6) is 0.890. The standard InChI is InChI=1S/C27H24NOS.ClHO4/c1-28(2)24-18-16-21(17-19-24)10-9-15-25(22-11-5-3-6-12-22)27-29-26(20-30-27)23-13-7-4-8-14-23;2-1(3,4)5/h3-20H,1-2H3;(H,2,3,4,5)/q+1;/p-1/b15-9+,27-25-;. The number of ether oxygens (including phenoxy) is 1. The van der Waals surface area contributed by atoms with E-state index in [2.05, 4.69) is 88.9 Å². The second-order valence-corrected chi connectivity index (χ2v) is 9.12. The predicted molar refractivity (Wildman–Crippen MR) is 129 cm³/mol. The molecule has 0 bridgehead atoms. The first kappa shape index (κ1) is 26.4. The van der Waals surface area contributed by atoms with Crippen molar-refractivity contribution in [2.75, 3.05) is 14.1 Å². The molecule has 0 atom stereocenters. The van der Waals surface area contributed by atoms with E-state index in [0.717, 1.165) is 33.1 Å². The molecular formula is C27H24ClNO5S. The van der Waals surface area contributed by atoms with Crippen LogP contribution in [0.1, 0.15) is 11.1 Å². The fraction of sp³-hybridized carbons (Fsp3) is 0.0741. The first-order valence-electron chi connectivity index (χ1n) is 10.5. The second kappa shape index (κ2) is 12.5. The van der Waals surface area contributed by atoms with Crippen LogP contribution < -0.4 is 18.6 Å². The van der Waals surface area contributed by atoms with Crippen molar-refractivity contribution >= 4 is 28.8 Å². The van der Waals surface area contributed by atoms with E-state index >= 15 is 0 Å². The minimum absolute atomic E-state index is 0.890. The lowest BCUT2D eigenvalue weighted by molar-refractivity contribution is -2.00. The van der Waals surface area contributed by atoms with Crippen LogP contribution in [0, 0.1) is 10.2 Å². The van der Waals surface area contributed by atoms with Crippen LogP contribution in [0.25, 0.3) is 11.3 Å². The molecule has 0 saturated heterocycles. The molecule has 0 aromatic heterocycles. The zero-order valence-corrected chi connectivity index (χ0v) is 20.7. The van der Waals surface area contributed by atoms with Crippen LogP contribution in [0.4, 0.5) is 0 Å². The van der Waals surface area contributed by atoms with Crippen molar-refractivity contribution in [1.82, 2.24) is 0 Å². The van der Waals surface area contributed by atoms with Gasteiger partial charge in [-0.05, 0) is 23.3 Å². The number of hydrogen-bond acceptors (Lipinski definition) is 6. The number of benzene rings is 2. The molecule has 2 aromatic rings. The lowest BCUT2D eigenvalue weighted by atomic mass is 10.1. The molecule has 0 radical (unpaired) electrons. The van der Waals surface area contributed by atoms with Gasteiger partial charge in [0.1, 0.15) is 19.9 Å². The highest BCUT2D eigenvalue weighted by Crippen LogP contribution is 2.41. The molecule has 4 rings (SSSR count). The van der Waals surface area contributed by atoms with E-state index in [1.54, 1.807) is 11.8 Å². The lowest BCUT2D eigenvalue weighted by Crippen LogP contribution is -2.68. The highest BCUT2D eigenvalue weighted by Gasteiger charge is 2.18. The summed E-state index contributed by atoms with van der Waals surface area (Å²) in [4.78, 5) is 0. The monoisotopic (exact) mass is 509 g/mol. The topological polar surface area (TPSA) is 104 Å². The number of hydrogen-bond donors (Lipinski definition) is 0. The average molecular weight is 510 g/mol. The molecule has 180 valence electrons. The molecule has 0 N–H and O–H groups in total.